The molecule has 2 aromatic rings. The first kappa shape index (κ1) is 19.4. The highest BCUT2D eigenvalue weighted by molar-refractivity contribution is 9.10. The van der Waals surface area contributed by atoms with Gasteiger partial charge in [-0.05, 0) is 49.8 Å². The van der Waals surface area contributed by atoms with Crippen LogP contribution in [0.5, 0.6) is 0 Å². The smallest absolute Gasteiger partial charge is 0.278 e. The summed E-state index contributed by atoms with van der Waals surface area (Å²) in [7, 11) is 0. The first-order valence-corrected chi connectivity index (χ1v) is 10.2. The van der Waals surface area contributed by atoms with E-state index in [0.717, 1.165) is 19.3 Å². The number of pyridine rings is 1. The van der Waals surface area contributed by atoms with Crippen molar-refractivity contribution in [2.24, 2.45) is 5.92 Å². The van der Waals surface area contributed by atoms with Crippen molar-refractivity contribution < 1.29 is 14.0 Å². The number of nitrogens with zero attached hydrogens (tertiary/aromatic N) is 1. The van der Waals surface area contributed by atoms with Crippen molar-refractivity contribution in [3.63, 3.8) is 0 Å². The molecular formula is C19H18BrClFN3O3. The Morgan fingerprint density at radius 3 is 2.89 bits per heavy atom. The van der Waals surface area contributed by atoms with Crippen LogP contribution < -0.4 is 16.4 Å². The molecule has 0 unspecified atom stereocenters. The Hall–Kier alpha value is -1.90. The van der Waals surface area contributed by atoms with E-state index in [4.69, 9.17) is 16.4 Å². The molecule has 1 saturated carbocycles. The SMILES string of the molecule is O=C(NOCC1CC1)c1c(Nc2ccc(Br)cc2F)c(Cl)c(=O)n2c1CCC2. The van der Waals surface area contributed by atoms with Gasteiger partial charge in [-0.2, -0.15) is 0 Å². The van der Waals surface area contributed by atoms with Gasteiger partial charge in [0.15, 0.2) is 0 Å². The zero-order chi connectivity index (χ0) is 19.8. The summed E-state index contributed by atoms with van der Waals surface area (Å²) in [4.78, 5) is 30.8. The van der Waals surface area contributed by atoms with Crippen LogP contribution in [-0.2, 0) is 17.8 Å². The average Bonchev–Trinajstić information content (AvgIpc) is 3.35. The summed E-state index contributed by atoms with van der Waals surface area (Å²) in [5.41, 5.74) is 3.03. The summed E-state index contributed by atoms with van der Waals surface area (Å²) >= 11 is 9.51. The number of benzene rings is 1. The van der Waals surface area contributed by atoms with E-state index in [1.807, 2.05) is 0 Å². The van der Waals surface area contributed by atoms with E-state index < -0.39 is 17.3 Å². The van der Waals surface area contributed by atoms with Gasteiger partial charge in [0, 0.05) is 16.7 Å². The molecule has 9 heteroatoms. The molecule has 2 aliphatic rings. The maximum Gasteiger partial charge on any atom is 0.278 e. The van der Waals surface area contributed by atoms with E-state index >= 15 is 0 Å². The number of aromatic nitrogens is 1. The number of hydrogen-bond acceptors (Lipinski definition) is 4. The molecule has 148 valence electrons. The van der Waals surface area contributed by atoms with E-state index in [-0.39, 0.29) is 22.0 Å². The Kier molecular flexibility index (Phi) is 5.44. The van der Waals surface area contributed by atoms with Crippen LogP contribution in [0.3, 0.4) is 0 Å². The molecule has 1 aromatic heterocycles. The zero-order valence-electron chi connectivity index (χ0n) is 14.9. The third-order valence-corrected chi connectivity index (χ3v) is 5.75. The van der Waals surface area contributed by atoms with Crippen molar-refractivity contribution in [2.45, 2.75) is 32.2 Å². The number of carbonyl (C=O) groups excluding carboxylic acids is 1. The Labute approximate surface area is 174 Å². The fourth-order valence-corrected chi connectivity index (χ4v) is 3.86. The van der Waals surface area contributed by atoms with Crippen LogP contribution in [0.4, 0.5) is 15.8 Å². The average molecular weight is 471 g/mol. The molecular weight excluding hydrogens is 453 g/mol. The zero-order valence-corrected chi connectivity index (χ0v) is 17.2. The number of nitrogens with one attached hydrogen (secondary N) is 2. The minimum Gasteiger partial charge on any atom is -0.351 e. The van der Waals surface area contributed by atoms with E-state index in [9.17, 15) is 14.0 Å². The third-order valence-electron chi connectivity index (χ3n) is 4.91. The van der Waals surface area contributed by atoms with Crippen molar-refractivity contribution in [1.82, 2.24) is 10.0 Å². The van der Waals surface area contributed by atoms with Gasteiger partial charge < -0.3 is 9.88 Å². The molecule has 1 aromatic carbocycles. The van der Waals surface area contributed by atoms with Crippen LogP contribution in [-0.4, -0.2) is 17.1 Å². The second-order valence-corrected chi connectivity index (χ2v) is 8.30. The van der Waals surface area contributed by atoms with Gasteiger partial charge in [-0.1, -0.05) is 27.5 Å². The quantitative estimate of drug-likeness (QED) is 0.622. The summed E-state index contributed by atoms with van der Waals surface area (Å²) in [6.07, 6.45) is 3.46. The fraction of sp³-hybridized carbons (Fsp3) is 0.368. The van der Waals surface area contributed by atoms with Gasteiger partial charge in [-0.3, -0.25) is 14.4 Å². The van der Waals surface area contributed by atoms with Crippen LogP contribution in [0.15, 0.2) is 27.5 Å². The number of anilines is 2. The number of hydrogen-bond donors (Lipinski definition) is 2. The van der Waals surface area contributed by atoms with Gasteiger partial charge in [0.2, 0.25) is 0 Å². The molecule has 1 aliphatic carbocycles. The molecule has 6 nitrogen and oxygen atoms in total. The molecule has 2 heterocycles. The van der Waals surface area contributed by atoms with Gasteiger partial charge in [0.05, 0.1) is 23.5 Å². The normalized spacial score (nSPS) is 15.4. The molecule has 0 spiro atoms. The summed E-state index contributed by atoms with van der Waals surface area (Å²) in [5, 5.41) is 2.69. The number of carbonyl (C=O) groups is 1. The van der Waals surface area contributed by atoms with E-state index in [2.05, 4.69) is 26.7 Å². The van der Waals surface area contributed by atoms with Gasteiger partial charge in [0.1, 0.15) is 10.8 Å². The summed E-state index contributed by atoms with van der Waals surface area (Å²) in [6.45, 7) is 0.933. The van der Waals surface area contributed by atoms with E-state index in [1.54, 1.807) is 6.07 Å². The molecule has 2 N–H and O–H groups in total. The maximum atomic E-state index is 14.3. The highest BCUT2D eigenvalue weighted by Gasteiger charge is 2.29. The highest BCUT2D eigenvalue weighted by Crippen LogP contribution is 2.33. The second-order valence-electron chi connectivity index (χ2n) is 7.01. The first-order valence-electron chi connectivity index (χ1n) is 9.05. The predicted molar refractivity (Wildman–Crippen MR) is 108 cm³/mol. The number of halogens is 3. The van der Waals surface area contributed by atoms with Crippen molar-refractivity contribution in [1.29, 1.82) is 0 Å². The standard InChI is InChI=1S/C19H18BrClFN3O3/c20-11-5-6-13(12(22)8-11)23-17-15(18(26)24-28-9-10-3-4-10)14-2-1-7-25(14)19(27)16(17)21/h5-6,8,10,23H,1-4,7,9H2,(H,24,26). The monoisotopic (exact) mass is 469 g/mol. The lowest BCUT2D eigenvalue weighted by Crippen LogP contribution is -2.31. The number of fused-ring (bicyclic) bond motifs is 1. The molecule has 28 heavy (non-hydrogen) atoms. The molecule has 0 atom stereocenters. The van der Waals surface area contributed by atoms with Crippen LogP contribution in [0.25, 0.3) is 0 Å². The molecule has 0 radical (unpaired) electrons. The van der Waals surface area contributed by atoms with Gasteiger partial charge >= 0.3 is 0 Å². The number of hydroxylamine groups is 1. The molecule has 0 bridgehead atoms. The Balaban J connectivity index is 1.73. The van der Waals surface area contributed by atoms with Crippen molar-refractivity contribution in [3.05, 3.63) is 55.1 Å². The molecule has 4 rings (SSSR count). The summed E-state index contributed by atoms with van der Waals surface area (Å²) in [6, 6.07) is 4.44. The van der Waals surface area contributed by atoms with Crippen molar-refractivity contribution in [3.8, 4) is 0 Å². The van der Waals surface area contributed by atoms with Crippen molar-refractivity contribution in [2.75, 3.05) is 11.9 Å². The lowest BCUT2D eigenvalue weighted by atomic mass is 10.1. The molecule has 0 saturated heterocycles. The van der Waals surface area contributed by atoms with Crippen LogP contribution in [0.2, 0.25) is 5.02 Å². The Morgan fingerprint density at radius 2 is 2.18 bits per heavy atom. The number of amides is 1. The van der Waals surface area contributed by atoms with Crippen LogP contribution in [0.1, 0.15) is 35.3 Å². The highest BCUT2D eigenvalue weighted by atomic mass is 79.9. The fourth-order valence-electron chi connectivity index (χ4n) is 3.29. The first-order chi connectivity index (χ1) is 13.5. The third kappa shape index (κ3) is 3.81. The van der Waals surface area contributed by atoms with E-state index in [0.29, 0.717) is 35.7 Å². The summed E-state index contributed by atoms with van der Waals surface area (Å²) < 4.78 is 16.4. The maximum absolute atomic E-state index is 14.3. The van der Waals surface area contributed by atoms with Gasteiger partial charge in [0.25, 0.3) is 11.5 Å². The van der Waals surface area contributed by atoms with Crippen LogP contribution in [0, 0.1) is 11.7 Å². The predicted octanol–water partition coefficient (Wildman–Crippen LogP) is 4.16. The largest absolute Gasteiger partial charge is 0.351 e. The van der Waals surface area contributed by atoms with Gasteiger partial charge in [-0.25, -0.2) is 9.87 Å². The van der Waals surface area contributed by atoms with E-state index in [1.165, 1.54) is 16.7 Å². The number of rotatable bonds is 6. The topological polar surface area (TPSA) is 72.4 Å². The summed E-state index contributed by atoms with van der Waals surface area (Å²) in [5.74, 6) is -0.571. The Morgan fingerprint density at radius 1 is 1.39 bits per heavy atom. The second kappa shape index (κ2) is 7.85. The van der Waals surface area contributed by atoms with Crippen LogP contribution >= 0.6 is 27.5 Å². The minimum atomic E-state index is -0.539. The molecule has 1 amide bonds. The molecule has 1 fully saturated rings. The minimum absolute atomic E-state index is 0.0913. The Bertz CT molecular complexity index is 1010. The van der Waals surface area contributed by atoms with Gasteiger partial charge in [-0.15, -0.1) is 0 Å². The van der Waals surface area contributed by atoms with Crippen molar-refractivity contribution >= 4 is 44.8 Å². The lowest BCUT2D eigenvalue weighted by molar-refractivity contribution is 0.0269. The lowest BCUT2D eigenvalue weighted by Gasteiger charge is -2.18. The molecule has 1 aliphatic heterocycles.